The van der Waals surface area contributed by atoms with Crippen LogP contribution in [0.5, 0.6) is 0 Å². The molecule has 0 radical (unpaired) electrons. The second-order valence-electron chi connectivity index (χ2n) is 13.1. The van der Waals surface area contributed by atoms with E-state index in [1.807, 2.05) is 54.7 Å². The van der Waals surface area contributed by atoms with Gasteiger partial charge < -0.3 is 0 Å². The third-order valence-corrected chi connectivity index (χ3v) is 9.52. The molecule has 3 aromatic heterocycles. The van der Waals surface area contributed by atoms with E-state index in [-0.39, 0.29) is 0 Å². The fraction of sp³-hybridized carbons (Fsp3) is 0.346. The summed E-state index contributed by atoms with van der Waals surface area (Å²) in [4.78, 5) is 10.1. The van der Waals surface area contributed by atoms with Crippen molar-refractivity contribution in [2.75, 3.05) is 0 Å². The van der Waals surface area contributed by atoms with E-state index in [0.29, 0.717) is 0 Å². The first kappa shape index (κ1) is 50.4. The molecule has 0 saturated heterocycles. The van der Waals surface area contributed by atoms with Gasteiger partial charge in [0.1, 0.15) is 0 Å². The third-order valence-electron chi connectivity index (χ3n) is 8.58. The Labute approximate surface area is 341 Å². The molecule has 0 unspecified atom stereocenters. The summed E-state index contributed by atoms with van der Waals surface area (Å²) in [6.07, 6.45) is 1.89. The predicted octanol–water partition coefficient (Wildman–Crippen LogP) is 16.4. The minimum Gasteiger partial charge on any atom is -0.261 e. The summed E-state index contributed by atoms with van der Waals surface area (Å²) in [6.45, 7) is 37.2. The zero-order chi connectivity index (χ0) is 42.1. The number of aromatic nitrogens is 2. The molecule has 0 spiro atoms. The van der Waals surface area contributed by atoms with Gasteiger partial charge in [0.25, 0.3) is 0 Å². The second-order valence-corrected chi connectivity index (χ2v) is 14.2. The minimum absolute atomic E-state index is 1.09. The number of nitrogens with zero attached hydrogens (tertiary/aromatic N) is 2. The quantitative estimate of drug-likeness (QED) is 0.154. The summed E-state index contributed by atoms with van der Waals surface area (Å²) < 4.78 is 0. The number of rotatable bonds is 0. The maximum atomic E-state index is 4.52. The molecule has 296 valence electrons. The first-order chi connectivity index (χ1) is 26.2. The van der Waals surface area contributed by atoms with E-state index < -0.39 is 0 Å². The molecule has 2 nitrogen and oxygen atoms in total. The molecule has 4 aromatic carbocycles. The van der Waals surface area contributed by atoms with Gasteiger partial charge >= 0.3 is 0 Å². The standard InChI is InChI=1S/C12H13N.C11H10.C9H12.C8H11N.C6H8S.3C2H6/c1-8-4-5-12-11(6-8)7-9(2)10(3)13-12;1-9-6-7-10-4-2-3-5-11(10)8-9;1-7-4-5-8(2)9(3)6-7;1-6-4-7(2)8(3)9-5-6;1-5-3-4-7-6(5)2;3*1-2/h4-7H,1-3H3;2-8H,1H3;4-6H,1-3H3;4-5H,1-3H3;3-4H,1-2H3;3*1-2H3. The molecule has 0 aliphatic heterocycles. The molecular weight excluding hydrogens is 685 g/mol. The average Bonchev–Trinajstić information content (AvgIpc) is 3.57. The molecule has 7 rings (SSSR count). The SMILES string of the molecule is CC.CC.CC.Cc1ccc(C)c(C)c1.Cc1ccc2ccccc2c1.Cc1ccc2nc(C)c(C)cc2c1.Cc1ccsc1C.Cc1cnc(C)c(C)c1. The normalized spacial score (nSPS) is 9.27. The summed E-state index contributed by atoms with van der Waals surface area (Å²) in [5, 5.41) is 6.00. The van der Waals surface area contributed by atoms with Crippen LogP contribution in [0.25, 0.3) is 21.7 Å². The zero-order valence-electron chi connectivity index (χ0n) is 37.7. The van der Waals surface area contributed by atoms with E-state index in [1.165, 1.54) is 71.1 Å². The van der Waals surface area contributed by atoms with Gasteiger partial charge in [-0.05, 0) is 157 Å². The minimum atomic E-state index is 1.09. The van der Waals surface area contributed by atoms with Gasteiger partial charge in [-0.2, -0.15) is 0 Å². The van der Waals surface area contributed by atoms with Crippen LogP contribution in [0.2, 0.25) is 0 Å². The predicted molar refractivity (Wildman–Crippen MR) is 252 cm³/mol. The summed E-state index contributed by atoms with van der Waals surface area (Å²) >= 11 is 1.80. The highest BCUT2D eigenvalue weighted by atomic mass is 32.1. The van der Waals surface area contributed by atoms with Gasteiger partial charge in [-0.3, -0.25) is 9.97 Å². The van der Waals surface area contributed by atoms with Crippen LogP contribution in [0, 0.1) is 83.1 Å². The van der Waals surface area contributed by atoms with Gasteiger partial charge in [-0.1, -0.05) is 131 Å². The second kappa shape index (κ2) is 27.9. The van der Waals surface area contributed by atoms with Crippen LogP contribution in [0.15, 0.2) is 109 Å². The monoisotopic (exact) mass is 757 g/mol. The lowest BCUT2D eigenvalue weighted by atomic mass is 10.1. The maximum Gasteiger partial charge on any atom is 0.0705 e. The van der Waals surface area contributed by atoms with Crippen molar-refractivity contribution in [2.24, 2.45) is 0 Å². The van der Waals surface area contributed by atoms with Gasteiger partial charge in [-0.25, -0.2) is 0 Å². The van der Waals surface area contributed by atoms with Crippen LogP contribution in [0.4, 0.5) is 0 Å². The molecule has 0 aliphatic carbocycles. The largest absolute Gasteiger partial charge is 0.261 e. The van der Waals surface area contributed by atoms with Gasteiger partial charge in [0.2, 0.25) is 0 Å². The molecule has 7 aromatic rings. The Hall–Kier alpha value is -4.60. The van der Waals surface area contributed by atoms with Crippen LogP contribution < -0.4 is 0 Å². The van der Waals surface area contributed by atoms with Crippen LogP contribution in [-0.4, -0.2) is 9.97 Å². The molecule has 0 N–H and O–H groups in total. The summed E-state index contributed by atoms with van der Waals surface area (Å²) in [5.74, 6) is 0. The van der Waals surface area contributed by atoms with Crippen molar-refractivity contribution in [1.82, 2.24) is 9.97 Å². The highest BCUT2D eigenvalue weighted by Gasteiger charge is 1.99. The molecule has 0 saturated carbocycles. The molecule has 3 heteroatoms. The molecule has 55 heavy (non-hydrogen) atoms. The number of hydrogen-bond acceptors (Lipinski definition) is 3. The van der Waals surface area contributed by atoms with Crippen molar-refractivity contribution in [3.63, 3.8) is 0 Å². The molecule has 0 atom stereocenters. The van der Waals surface area contributed by atoms with E-state index in [1.54, 1.807) is 11.3 Å². The van der Waals surface area contributed by atoms with Crippen molar-refractivity contribution in [2.45, 2.75) is 125 Å². The van der Waals surface area contributed by atoms with Crippen molar-refractivity contribution in [3.05, 3.63) is 175 Å². The first-order valence-electron chi connectivity index (χ1n) is 20.0. The van der Waals surface area contributed by atoms with Crippen LogP contribution in [0.3, 0.4) is 0 Å². The van der Waals surface area contributed by atoms with Crippen molar-refractivity contribution < 1.29 is 0 Å². The number of pyridine rings is 2. The van der Waals surface area contributed by atoms with Crippen LogP contribution in [0.1, 0.15) is 108 Å². The molecular formula is C52H72N2S. The number of hydrogen-bond donors (Lipinski definition) is 0. The van der Waals surface area contributed by atoms with Crippen LogP contribution in [-0.2, 0) is 0 Å². The van der Waals surface area contributed by atoms with Gasteiger partial charge in [-0.15, -0.1) is 11.3 Å². The van der Waals surface area contributed by atoms with E-state index in [0.717, 1.165) is 16.9 Å². The van der Waals surface area contributed by atoms with E-state index >= 15 is 0 Å². The Balaban J connectivity index is 0.000000648. The molecule has 0 amide bonds. The lowest BCUT2D eigenvalue weighted by Gasteiger charge is -2.03. The Kier molecular flexibility index (Phi) is 25.6. The van der Waals surface area contributed by atoms with Crippen molar-refractivity contribution in [1.29, 1.82) is 0 Å². The highest BCUT2D eigenvalue weighted by Crippen LogP contribution is 2.17. The highest BCUT2D eigenvalue weighted by molar-refractivity contribution is 7.10. The number of thiophene rings is 1. The zero-order valence-corrected chi connectivity index (χ0v) is 38.5. The lowest BCUT2D eigenvalue weighted by Crippen LogP contribution is -1.88. The number of benzene rings is 4. The molecule has 0 bridgehead atoms. The Bertz CT molecular complexity index is 2040. The fourth-order valence-corrected chi connectivity index (χ4v) is 5.66. The summed E-state index contributed by atoms with van der Waals surface area (Å²) in [6, 6.07) is 34.3. The van der Waals surface area contributed by atoms with E-state index in [9.17, 15) is 0 Å². The average molecular weight is 757 g/mol. The maximum absolute atomic E-state index is 4.52. The topological polar surface area (TPSA) is 25.8 Å². The molecule has 0 aliphatic rings. The number of fused-ring (bicyclic) bond motifs is 2. The molecule has 3 heterocycles. The van der Waals surface area contributed by atoms with Gasteiger partial charge in [0.05, 0.1) is 5.52 Å². The molecule has 0 fully saturated rings. The first-order valence-corrected chi connectivity index (χ1v) is 20.9. The van der Waals surface area contributed by atoms with Crippen LogP contribution >= 0.6 is 11.3 Å². The van der Waals surface area contributed by atoms with Gasteiger partial charge in [0.15, 0.2) is 0 Å². The Morgan fingerprint density at radius 1 is 0.382 bits per heavy atom. The Morgan fingerprint density at radius 3 is 1.38 bits per heavy atom. The fourth-order valence-electron chi connectivity index (χ4n) is 4.93. The van der Waals surface area contributed by atoms with Gasteiger partial charge in [0, 0.05) is 27.8 Å². The summed E-state index contributed by atoms with van der Waals surface area (Å²) in [5.41, 5.74) is 15.2. The van der Waals surface area contributed by atoms with Crippen molar-refractivity contribution >= 4 is 33.0 Å². The van der Waals surface area contributed by atoms with E-state index in [2.05, 4.69) is 189 Å². The smallest absolute Gasteiger partial charge is 0.0705 e. The van der Waals surface area contributed by atoms with Crippen molar-refractivity contribution in [3.8, 4) is 0 Å². The summed E-state index contributed by atoms with van der Waals surface area (Å²) in [7, 11) is 0. The number of aryl methyl sites for hydroxylation is 12. The Morgan fingerprint density at radius 2 is 0.891 bits per heavy atom. The lowest BCUT2D eigenvalue weighted by molar-refractivity contribution is 1.12. The third kappa shape index (κ3) is 19.0. The van der Waals surface area contributed by atoms with E-state index in [4.69, 9.17) is 0 Å².